The second-order valence-electron chi connectivity index (χ2n) is 7.17. The Morgan fingerprint density at radius 3 is 2.92 bits per heavy atom. The second-order valence-corrected chi connectivity index (χ2v) is 7.17. The standard InChI is InChI=1S/C19H27N3O4/c1-14-4-5-15(10-16(14)25-9-3-7-20)18(24)22-8-6-19(13-22)12-21(2)17(23)11-26-19/h4-5,10H,3,6-9,11-13,20H2,1-2H3. The fraction of sp³-hybridized carbons (Fsp3) is 0.579. The molecule has 7 heteroatoms. The van der Waals surface area contributed by atoms with Gasteiger partial charge in [0.1, 0.15) is 18.0 Å². The van der Waals surface area contributed by atoms with Crippen molar-refractivity contribution in [3.05, 3.63) is 29.3 Å². The number of carbonyl (C=O) groups is 2. The molecule has 1 aromatic carbocycles. The maximum absolute atomic E-state index is 12.9. The van der Waals surface area contributed by atoms with E-state index in [4.69, 9.17) is 15.2 Å². The first-order chi connectivity index (χ1) is 12.4. The Morgan fingerprint density at radius 1 is 1.38 bits per heavy atom. The molecule has 0 aromatic heterocycles. The molecule has 1 unspecified atom stereocenters. The van der Waals surface area contributed by atoms with Gasteiger partial charge in [-0.05, 0) is 44.0 Å². The summed E-state index contributed by atoms with van der Waals surface area (Å²) in [6.07, 6.45) is 1.51. The van der Waals surface area contributed by atoms with E-state index in [1.807, 2.05) is 19.1 Å². The predicted molar refractivity (Wildman–Crippen MR) is 97.2 cm³/mol. The molecule has 1 spiro atoms. The monoisotopic (exact) mass is 361 g/mol. The number of morpholine rings is 1. The van der Waals surface area contributed by atoms with E-state index in [-0.39, 0.29) is 18.4 Å². The molecule has 0 aliphatic carbocycles. The van der Waals surface area contributed by atoms with Crippen LogP contribution in [0, 0.1) is 6.92 Å². The summed E-state index contributed by atoms with van der Waals surface area (Å²) >= 11 is 0. The molecule has 1 aromatic rings. The zero-order valence-electron chi connectivity index (χ0n) is 15.5. The molecule has 2 saturated heterocycles. The molecule has 2 N–H and O–H groups in total. The summed E-state index contributed by atoms with van der Waals surface area (Å²) in [6.45, 7) is 4.80. The predicted octanol–water partition coefficient (Wildman–Crippen LogP) is 0.796. The Labute approximate surface area is 154 Å². The van der Waals surface area contributed by atoms with E-state index >= 15 is 0 Å². The van der Waals surface area contributed by atoms with Crippen molar-refractivity contribution < 1.29 is 19.1 Å². The largest absolute Gasteiger partial charge is 0.493 e. The van der Waals surface area contributed by atoms with Gasteiger partial charge in [0.05, 0.1) is 19.7 Å². The number of likely N-dealkylation sites (N-methyl/N-ethyl adjacent to an activating group) is 1. The molecule has 0 saturated carbocycles. The lowest BCUT2D eigenvalue weighted by Gasteiger charge is -2.38. The van der Waals surface area contributed by atoms with Gasteiger partial charge < -0.3 is 25.0 Å². The fourth-order valence-corrected chi connectivity index (χ4v) is 3.49. The van der Waals surface area contributed by atoms with Crippen molar-refractivity contribution in [2.24, 2.45) is 5.73 Å². The number of nitrogens with two attached hydrogens (primary N) is 1. The van der Waals surface area contributed by atoms with Crippen LogP contribution in [0.1, 0.15) is 28.8 Å². The van der Waals surface area contributed by atoms with Crippen molar-refractivity contribution in [3.63, 3.8) is 0 Å². The number of ether oxygens (including phenoxy) is 2. The van der Waals surface area contributed by atoms with Crippen molar-refractivity contribution in [2.75, 3.05) is 46.4 Å². The summed E-state index contributed by atoms with van der Waals surface area (Å²) in [5.41, 5.74) is 6.66. The molecule has 2 fully saturated rings. The van der Waals surface area contributed by atoms with E-state index in [2.05, 4.69) is 0 Å². The number of hydrogen-bond donors (Lipinski definition) is 1. The smallest absolute Gasteiger partial charge is 0.254 e. The van der Waals surface area contributed by atoms with Crippen molar-refractivity contribution in [1.82, 2.24) is 9.80 Å². The van der Waals surface area contributed by atoms with Crippen LogP contribution in [-0.2, 0) is 9.53 Å². The number of likely N-dealkylation sites (tertiary alicyclic amines) is 1. The summed E-state index contributed by atoms with van der Waals surface area (Å²) in [5.74, 6) is 0.671. The average Bonchev–Trinajstić information content (AvgIpc) is 3.03. The number of benzene rings is 1. The SMILES string of the molecule is Cc1ccc(C(=O)N2CCC3(CN(C)C(=O)CO3)C2)cc1OCCCN. The molecule has 26 heavy (non-hydrogen) atoms. The van der Waals surface area contributed by atoms with Crippen LogP contribution in [0.25, 0.3) is 0 Å². The maximum Gasteiger partial charge on any atom is 0.254 e. The highest BCUT2D eigenvalue weighted by Gasteiger charge is 2.45. The van der Waals surface area contributed by atoms with Crippen molar-refractivity contribution in [1.29, 1.82) is 0 Å². The summed E-state index contributed by atoms with van der Waals surface area (Å²) in [4.78, 5) is 28.1. The maximum atomic E-state index is 12.9. The summed E-state index contributed by atoms with van der Waals surface area (Å²) < 4.78 is 11.6. The molecule has 0 radical (unpaired) electrons. The zero-order valence-corrected chi connectivity index (χ0v) is 15.5. The van der Waals surface area contributed by atoms with E-state index in [1.54, 1.807) is 22.9 Å². The van der Waals surface area contributed by atoms with Gasteiger partial charge in [0.2, 0.25) is 5.91 Å². The highest BCUT2D eigenvalue weighted by Crippen LogP contribution is 2.30. The van der Waals surface area contributed by atoms with Gasteiger partial charge >= 0.3 is 0 Å². The van der Waals surface area contributed by atoms with E-state index < -0.39 is 5.60 Å². The summed E-state index contributed by atoms with van der Waals surface area (Å²) in [5, 5.41) is 0. The summed E-state index contributed by atoms with van der Waals surface area (Å²) in [6, 6.07) is 5.53. The quantitative estimate of drug-likeness (QED) is 0.784. The number of aryl methyl sites for hydroxylation is 1. The van der Waals surface area contributed by atoms with Gasteiger partial charge in [-0.15, -0.1) is 0 Å². The van der Waals surface area contributed by atoms with E-state index in [1.165, 1.54) is 0 Å². The van der Waals surface area contributed by atoms with Gasteiger partial charge in [0, 0.05) is 19.2 Å². The van der Waals surface area contributed by atoms with E-state index in [0.717, 1.165) is 24.2 Å². The molecule has 7 nitrogen and oxygen atoms in total. The first-order valence-corrected chi connectivity index (χ1v) is 9.05. The van der Waals surface area contributed by atoms with E-state index in [0.29, 0.717) is 38.3 Å². The van der Waals surface area contributed by atoms with Gasteiger partial charge in [-0.1, -0.05) is 6.07 Å². The number of rotatable bonds is 5. The van der Waals surface area contributed by atoms with Crippen LogP contribution in [-0.4, -0.2) is 73.7 Å². The lowest BCUT2D eigenvalue weighted by molar-refractivity contribution is -0.158. The molecule has 0 bridgehead atoms. The molecule has 2 amide bonds. The Bertz CT molecular complexity index is 693. The zero-order chi connectivity index (χ0) is 18.7. The Hall–Kier alpha value is -2.12. The van der Waals surface area contributed by atoms with Crippen LogP contribution in [0.5, 0.6) is 5.75 Å². The molecular weight excluding hydrogens is 334 g/mol. The highest BCUT2D eigenvalue weighted by molar-refractivity contribution is 5.95. The Kier molecular flexibility index (Phi) is 5.48. The van der Waals surface area contributed by atoms with Crippen molar-refractivity contribution >= 4 is 11.8 Å². The average molecular weight is 361 g/mol. The third-order valence-electron chi connectivity index (χ3n) is 5.10. The van der Waals surface area contributed by atoms with Crippen LogP contribution < -0.4 is 10.5 Å². The third-order valence-corrected chi connectivity index (χ3v) is 5.10. The molecule has 142 valence electrons. The van der Waals surface area contributed by atoms with Crippen LogP contribution >= 0.6 is 0 Å². The van der Waals surface area contributed by atoms with Crippen LogP contribution in [0.3, 0.4) is 0 Å². The molecule has 3 rings (SSSR count). The number of nitrogens with zero attached hydrogens (tertiary/aromatic N) is 2. The topological polar surface area (TPSA) is 85.1 Å². The first kappa shape index (κ1) is 18.7. The highest BCUT2D eigenvalue weighted by atomic mass is 16.5. The van der Waals surface area contributed by atoms with Gasteiger partial charge in [-0.2, -0.15) is 0 Å². The Balaban J connectivity index is 1.68. The van der Waals surface area contributed by atoms with Gasteiger partial charge in [-0.3, -0.25) is 9.59 Å². The second kappa shape index (κ2) is 7.63. The number of carbonyl (C=O) groups excluding carboxylic acids is 2. The summed E-state index contributed by atoms with van der Waals surface area (Å²) in [7, 11) is 1.78. The fourth-order valence-electron chi connectivity index (χ4n) is 3.49. The van der Waals surface area contributed by atoms with Gasteiger partial charge in [0.25, 0.3) is 5.91 Å². The van der Waals surface area contributed by atoms with Gasteiger partial charge in [-0.25, -0.2) is 0 Å². The van der Waals surface area contributed by atoms with Gasteiger partial charge in [0.15, 0.2) is 0 Å². The number of amides is 2. The minimum atomic E-state index is -0.441. The van der Waals surface area contributed by atoms with Crippen molar-refractivity contribution in [2.45, 2.75) is 25.4 Å². The Morgan fingerprint density at radius 2 is 2.19 bits per heavy atom. The minimum Gasteiger partial charge on any atom is -0.493 e. The molecular formula is C19H27N3O4. The molecule has 1 atom stereocenters. The molecule has 2 aliphatic heterocycles. The number of hydrogen-bond acceptors (Lipinski definition) is 5. The minimum absolute atomic E-state index is 0.0156. The normalized spacial score (nSPS) is 23.0. The lowest BCUT2D eigenvalue weighted by Crippen LogP contribution is -2.54. The third kappa shape index (κ3) is 3.83. The molecule has 2 heterocycles. The molecule has 2 aliphatic rings. The lowest BCUT2D eigenvalue weighted by atomic mass is 10.0. The van der Waals surface area contributed by atoms with Crippen molar-refractivity contribution in [3.8, 4) is 5.75 Å². The van der Waals surface area contributed by atoms with Crippen LogP contribution in [0.15, 0.2) is 18.2 Å². The van der Waals surface area contributed by atoms with E-state index in [9.17, 15) is 9.59 Å². The first-order valence-electron chi connectivity index (χ1n) is 9.05. The van der Waals surface area contributed by atoms with Crippen LogP contribution in [0.2, 0.25) is 0 Å². The van der Waals surface area contributed by atoms with Crippen LogP contribution in [0.4, 0.5) is 0 Å².